The van der Waals surface area contributed by atoms with Crippen LogP contribution in [0.2, 0.25) is 5.02 Å². The quantitative estimate of drug-likeness (QED) is 0.581. The van der Waals surface area contributed by atoms with Gasteiger partial charge < -0.3 is 10.1 Å². The van der Waals surface area contributed by atoms with Gasteiger partial charge in [0, 0.05) is 5.02 Å². The van der Waals surface area contributed by atoms with Crippen LogP contribution in [0.3, 0.4) is 0 Å². The Balaban J connectivity index is 1.60. The molecule has 2 aromatic carbocycles. The largest absolute Gasteiger partial charge is 0.496 e. The second kappa shape index (κ2) is 8.92. The summed E-state index contributed by atoms with van der Waals surface area (Å²) < 4.78 is 5.33. The van der Waals surface area contributed by atoms with Crippen molar-refractivity contribution in [3.05, 3.63) is 59.1 Å². The van der Waals surface area contributed by atoms with E-state index in [4.69, 9.17) is 16.3 Å². The Hall–Kier alpha value is -2.51. The molecule has 27 heavy (non-hydrogen) atoms. The summed E-state index contributed by atoms with van der Waals surface area (Å²) in [5.74, 6) is 1.32. The van der Waals surface area contributed by atoms with Gasteiger partial charge in [-0.05, 0) is 30.7 Å². The van der Waals surface area contributed by atoms with Gasteiger partial charge in [0.15, 0.2) is 5.82 Å². The molecule has 1 heterocycles. The average Bonchev–Trinajstić information content (AvgIpc) is 3.16. The maximum atomic E-state index is 12.2. The highest BCUT2D eigenvalue weighted by Gasteiger charge is 2.14. The van der Waals surface area contributed by atoms with E-state index in [0.29, 0.717) is 27.3 Å². The van der Waals surface area contributed by atoms with Crippen LogP contribution in [0.4, 0.5) is 0 Å². The number of ether oxygens (including phenoxy) is 1. The maximum absolute atomic E-state index is 12.2. The lowest BCUT2D eigenvalue weighted by Gasteiger charge is -2.13. The molecule has 0 aliphatic rings. The third kappa shape index (κ3) is 5.02. The first-order valence-electron chi connectivity index (χ1n) is 8.30. The summed E-state index contributed by atoms with van der Waals surface area (Å²) in [6.45, 7) is 1.95. The van der Waals surface area contributed by atoms with E-state index in [1.54, 1.807) is 25.3 Å². The van der Waals surface area contributed by atoms with Gasteiger partial charge in [-0.2, -0.15) is 0 Å². The van der Waals surface area contributed by atoms with E-state index >= 15 is 0 Å². The molecule has 140 valence electrons. The number of nitrogens with zero attached hydrogens (tertiary/aromatic N) is 2. The second-order valence-corrected chi connectivity index (χ2v) is 7.18. The van der Waals surface area contributed by atoms with Crippen molar-refractivity contribution in [2.24, 2.45) is 0 Å². The van der Waals surface area contributed by atoms with Crippen LogP contribution < -0.4 is 10.1 Å². The summed E-state index contributed by atoms with van der Waals surface area (Å²) in [5.41, 5.74) is 1.77. The number of methoxy groups -OCH3 is 1. The zero-order valence-corrected chi connectivity index (χ0v) is 16.5. The van der Waals surface area contributed by atoms with Crippen molar-refractivity contribution < 1.29 is 9.53 Å². The summed E-state index contributed by atoms with van der Waals surface area (Å²) in [5, 5.41) is 11.0. The third-order valence-corrected chi connectivity index (χ3v) is 4.97. The molecule has 0 saturated carbocycles. The number of halogens is 1. The first-order chi connectivity index (χ1) is 13.1. The highest BCUT2D eigenvalue weighted by Crippen LogP contribution is 2.31. The lowest BCUT2D eigenvalue weighted by molar-refractivity contribution is -0.119. The Morgan fingerprint density at radius 2 is 2.07 bits per heavy atom. The molecule has 0 fully saturated rings. The SMILES string of the molecule is COc1ccc(Cl)cc1-c1nc(SCC(=O)N[C@H](C)c2ccccc2)n[nH]1. The number of hydrogen-bond acceptors (Lipinski definition) is 5. The highest BCUT2D eigenvalue weighted by molar-refractivity contribution is 7.99. The Labute approximate surface area is 166 Å². The monoisotopic (exact) mass is 402 g/mol. The predicted molar refractivity (Wildman–Crippen MR) is 107 cm³/mol. The first kappa shape index (κ1) is 19.3. The number of amides is 1. The van der Waals surface area contributed by atoms with Crippen LogP contribution in [0.15, 0.2) is 53.7 Å². The van der Waals surface area contributed by atoms with Gasteiger partial charge in [0.1, 0.15) is 5.75 Å². The topological polar surface area (TPSA) is 79.9 Å². The lowest BCUT2D eigenvalue weighted by Crippen LogP contribution is -2.28. The zero-order chi connectivity index (χ0) is 19.2. The van der Waals surface area contributed by atoms with E-state index in [2.05, 4.69) is 20.5 Å². The fraction of sp³-hybridized carbons (Fsp3) is 0.211. The second-order valence-electron chi connectivity index (χ2n) is 5.80. The van der Waals surface area contributed by atoms with Crippen LogP contribution in [-0.4, -0.2) is 34.0 Å². The van der Waals surface area contributed by atoms with E-state index < -0.39 is 0 Å². The molecule has 3 aromatic rings. The van der Waals surface area contributed by atoms with Crippen LogP contribution in [0.5, 0.6) is 5.75 Å². The number of thioether (sulfide) groups is 1. The summed E-state index contributed by atoms with van der Waals surface area (Å²) in [6, 6.07) is 15.0. The van der Waals surface area contributed by atoms with Gasteiger partial charge in [-0.15, -0.1) is 5.10 Å². The number of aromatic nitrogens is 3. The molecule has 0 saturated heterocycles. The molecular formula is C19H19ClN4O2S. The van der Waals surface area contributed by atoms with Crippen LogP contribution in [0.1, 0.15) is 18.5 Å². The van der Waals surface area contributed by atoms with Crippen LogP contribution >= 0.6 is 23.4 Å². The van der Waals surface area contributed by atoms with Crippen molar-refractivity contribution in [3.63, 3.8) is 0 Å². The normalized spacial score (nSPS) is 11.8. The number of carbonyl (C=O) groups is 1. The fourth-order valence-electron chi connectivity index (χ4n) is 2.53. The van der Waals surface area contributed by atoms with Gasteiger partial charge >= 0.3 is 0 Å². The molecule has 8 heteroatoms. The molecule has 1 atom stereocenters. The number of nitrogens with one attached hydrogen (secondary N) is 2. The number of rotatable bonds is 7. The molecule has 0 spiro atoms. The van der Waals surface area contributed by atoms with E-state index in [-0.39, 0.29) is 17.7 Å². The maximum Gasteiger partial charge on any atom is 0.230 e. The minimum absolute atomic E-state index is 0.0577. The standard InChI is InChI=1S/C19H19ClN4O2S/c1-12(13-6-4-3-5-7-13)21-17(25)11-27-19-22-18(23-24-19)15-10-14(20)8-9-16(15)26-2/h3-10,12H,11H2,1-2H3,(H,21,25)(H,22,23,24)/t12-/m1/s1. The summed E-state index contributed by atoms with van der Waals surface area (Å²) >= 11 is 7.32. The number of hydrogen-bond donors (Lipinski definition) is 2. The van der Waals surface area contributed by atoms with E-state index in [9.17, 15) is 4.79 Å². The van der Waals surface area contributed by atoms with Gasteiger partial charge in [-0.1, -0.05) is 53.7 Å². The first-order valence-corrected chi connectivity index (χ1v) is 9.66. The predicted octanol–water partition coefficient (Wildman–Crippen LogP) is 4.10. The van der Waals surface area contributed by atoms with Gasteiger partial charge in [-0.25, -0.2) is 4.98 Å². The number of benzene rings is 2. The Bertz CT molecular complexity index is 917. The molecule has 6 nitrogen and oxygen atoms in total. The highest BCUT2D eigenvalue weighted by atomic mass is 35.5. The molecular weight excluding hydrogens is 384 g/mol. The fourth-order valence-corrected chi connectivity index (χ4v) is 3.32. The van der Waals surface area contributed by atoms with E-state index in [0.717, 1.165) is 5.56 Å². The molecule has 0 unspecified atom stereocenters. The smallest absolute Gasteiger partial charge is 0.230 e. The van der Waals surface area contributed by atoms with Crippen molar-refractivity contribution in [2.75, 3.05) is 12.9 Å². The molecule has 1 amide bonds. The van der Waals surface area contributed by atoms with Crippen LogP contribution in [-0.2, 0) is 4.79 Å². The molecule has 0 aliphatic carbocycles. The number of H-pyrrole nitrogens is 1. The van der Waals surface area contributed by atoms with Crippen molar-refractivity contribution in [3.8, 4) is 17.1 Å². The van der Waals surface area contributed by atoms with Gasteiger partial charge in [0.05, 0.1) is 24.5 Å². The number of carbonyl (C=O) groups excluding carboxylic acids is 1. The molecule has 3 rings (SSSR count). The third-order valence-electron chi connectivity index (χ3n) is 3.89. The van der Waals surface area contributed by atoms with Crippen LogP contribution in [0.25, 0.3) is 11.4 Å². The number of aromatic amines is 1. The van der Waals surface area contributed by atoms with Crippen molar-refractivity contribution >= 4 is 29.3 Å². The summed E-state index contributed by atoms with van der Waals surface area (Å²) in [4.78, 5) is 16.6. The molecule has 0 radical (unpaired) electrons. The Morgan fingerprint density at radius 1 is 1.30 bits per heavy atom. The van der Waals surface area contributed by atoms with Gasteiger partial charge in [0.25, 0.3) is 0 Å². The summed E-state index contributed by atoms with van der Waals surface area (Å²) in [7, 11) is 1.58. The van der Waals surface area contributed by atoms with Crippen molar-refractivity contribution in [1.29, 1.82) is 0 Å². The van der Waals surface area contributed by atoms with Crippen molar-refractivity contribution in [1.82, 2.24) is 20.5 Å². The van der Waals surface area contributed by atoms with Gasteiger partial charge in [0.2, 0.25) is 11.1 Å². The molecule has 0 bridgehead atoms. The lowest BCUT2D eigenvalue weighted by atomic mass is 10.1. The Morgan fingerprint density at radius 3 is 2.81 bits per heavy atom. The van der Waals surface area contributed by atoms with Crippen molar-refractivity contribution in [2.45, 2.75) is 18.1 Å². The molecule has 2 N–H and O–H groups in total. The van der Waals surface area contributed by atoms with E-state index in [1.165, 1.54) is 11.8 Å². The van der Waals surface area contributed by atoms with Crippen LogP contribution in [0, 0.1) is 0 Å². The molecule has 1 aromatic heterocycles. The van der Waals surface area contributed by atoms with Gasteiger partial charge in [-0.3, -0.25) is 9.89 Å². The summed E-state index contributed by atoms with van der Waals surface area (Å²) in [6.07, 6.45) is 0. The molecule has 0 aliphatic heterocycles. The average molecular weight is 403 g/mol. The van der Waals surface area contributed by atoms with E-state index in [1.807, 2.05) is 37.3 Å². The minimum Gasteiger partial charge on any atom is -0.496 e. The Kier molecular flexibility index (Phi) is 6.36. The minimum atomic E-state index is -0.0805. The zero-order valence-electron chi connectivity index (χ0n) is 14.9.